The van der Waals surface area contributed by atoms with Crippen LogP contribution in [-0.2, 0) is 14.4 Å². The monoisotopic (exact) mass is 381 g/mol. The quantitative estimate of drug-likeness (QED) is 0.668. The second kappa shape index (κ2) is 10.7. The van der Waals surface area contributed by atoms with E-state index in [0.29, 0.717) is 39.0 Å². The topological polar surface area (TPSA) is 69.7 Å². The van der Waals surface area contributed by atoms with Crippen LogP contribution in [0.1, 0.15) is 73.6 Å². The average Bonchev–Trinajstić information content (AvgIpc) is 2.64. The Hall–Kier alpha value is -1.59. The van der Waals surface area contributed by atoms with Crippen molar-refractivity contribution in [1.82, 2.24) is 15.1 Å². The summed E-state index contributed by atoms with van der Waals surface area (Å²) in [6.07, 6.45) is 4.20. The SMILES string of the molecule is CCCCC(C)(C)NC(=O)C(C)CC(C)C(=O)N1CCN(C(=O)CC)CC1. The number of carbonyl (C=O) groups excluding carboxylic acids is 3. The highest BCUT2D eigenvalue weighted by molar-refractivity contribution is 5.82. The van der Waals surface area contributed by atoms with E-state index >= 15 is 0 Å². The first-order chi connectivity index (χ1) is 12.6. The molecule has 0 radical (unpaired) electrons. The smallest absolute Gasteiger partial charge is 0.225 e. The van der Waals surface area contributed by atoms with Crippen LogP contribution >= 0.6 is 0 Å². The van der Waals surface area contributed by atoms with Crippen molar-refractivity contribution in [3.05, 3.63) is 0 Å². The molecule has 1 aliphatic heterocycles. The minimum Gasteiger partial charge on any atom is -0.351 e. The highest BCUT2D eigenvalue weighted by Crippen LogP contribution is 2.19. The van der Waals surface area contributed by atoms with Crippen LogP contribution in [0.4, 0.5) is 0 Å². The van der Waals surface area contributed by atoms with Crippen molar-refractivity contribution in [1.29, 1.82) is 0 Å². The molecule has 0 saturated carbocycles. The Morgan fingerprint density at radius 2 is 1.52 bits per heavy atom. The number of piperazine rings is 1. The molecule has 1 N–H and O–H groups in total. The molecule has 3 amide bonds. The maximum absolute atomic E-state index is 12.7. The van der Waals surface area contributed by atoms with Crippen molar-refractivity contribution < 1.29 is 14.4 Å². The first-order valence-corrected chi connectivity index (χ1v) is 10.5. The molecule has 1 aliphatic rings. The van der Waals surface area contributed by atoms with E-state index in [1.165, 1.54) is 0 Å². The number of rotatable bonds is 9. The maximum atomic E-state index is 12.7. The van der Waals surface area contributed by atoms with Crippen molar-refractivity contribution in [2.75, 3.05) is 26.2 Å². The van der Waals surface area contributed by atoms with E-state index < -0.39 is 0 Å². The van der Waals surface area contributed by atoms with Crippen LogP contribution in [0.3, 0.4) is 0 Å². The second-order valence-corrected chi connectivity index (χ2v) is 8.57. The van der Waals surface area contributed by atoms with Crippen LogP contribution in [0, 0.1) is 11.8 Å². The van der Waals surface area contributed by atoms with Crippen molar-refractivity contribution >= 4 is 17.7 Å². The van der Waals surface area contributed by atoms with Gasteiger partial charge in [-0.3, -0.25) is 14.4 Å². The van der Waals surface area contributed by atoms with Crippen LogP contribution < -0.4 is 5.32 Å². The molecular formula is C21H39N3O3. The van der Waals surface area contributed by atoms with Crippen molar-refractivity contribution in [2.45, 2.75) is 79.2 Å². The third-order valence-corrected chi connectivity index (χ3v) is 5.44. The van der Waals surface area contributed by atoms with E-state index in [1.54, 1.807) is 0 Å². The summed E-state index contributed by atoms with van der Waals surface area (Å²) in [4.78, 5) is 40.7. The summed E-state index contributed by atoms with van der Waals surface area (Å²) in [5, 5.41) is 3.13. The fraction of sp³-hybridized carbons (Fsp3) is 0.857. The van der Waals surface area contributed by atoms with Gasteiger partial charge in [-0.1, -0.05) is 40.5 Å². The van der Waals surface area contributed by atoms with Gasteiger partial charge < -0.3 is 15.1 Å². The molecule has 1 fully saturated rings. The van der Waals surface area contributed by atoms with Crippen molar-refractivity contribution in [3.8, 4) is 0 Å². The highest BCUT2D eigenvalue weighted by Gasteiger charge is 2.29. The van der Waals surface area contributed by atoms with Crippen LogP contribution in [0.5, 0.6) is 0 Å². The molecule has 27 heavy (non-hydrogen) atoms. The Morgan fingerprint density at radius 3 is 2.04 bits per heavy atom. The minimum atomic E-state index is -0.212. The Kier molecular flexibility index (Phi) is 9.27. The van der Waals surface area contributed by atoms with Gasteiger partial charge in [0.25, 0.3) is 0 Å². The Morgan fingerprint density at radius 1 is 0.963 bits per heavy atom. The largest absolute Gasteiger partial charge is 0.351 e. The lowest BCUT2D eigenvalue weighted by atomic mass is 9.92. The lowest BCUT2D eigenvalue weighted by Gasteiger charge is -2.36. The molecule has 1 saturated heterocycles. The van der Waals surface area contributed by atoms with Gasteiger partial charge in [0, 0.05) is 50.0 Å². The molecule has 2 atom stereocenters. The predicted molar refractivity (Wildman–Crippen MR) is 108 cm³/mol. The van der Waals surface area contributed by atoms with Gasteiger partial charge >= 0.3 is 0 Å². The van der Waals surface area contributed by atoms with Gasteiger partial charge in [-0.2, -0.15) is 0 Å². The summed E-state index contributed by atoms with van der Waals surface area (Å²) >= 11 is 0. The molecule has 1 rings (SSSR count). The number of carbonyl (C=O) groups is 3. The molecule has 6 nitrogen and oxygen atoms in total. The number of amides is 3. The Balaban J connectivity index is 2.48. The molecule has 0 aromatic rings. The molecule has 156 valence electrons. The first kappa shape index (κ1) is 23.4. The van der Waals surface area contributed by atoms with Gasteiger partial charge in [0.1, 0.15) is 0 Å². The van der Waals surface area contributed by atoms with Gasteiger partial charge in [-0.15, -0.1) is 0 Å². The normalized spacial score (nSPS) is 17.4. The number of hydrogen-bond donors (Lipinski definition) is 1. The van der Waals surface area contributed by atoms with E-state index in [-0.39, 0.29) is 35.1 Å². The number of nitrogens with zero attached hydrogens (tertiary/aromatic N) is 2. The minimum absolute atomic E-state index is 0.0223. The summed E-state index contributed by atoms with van der Waals surface area (Å²) in [6.45, 7) is 14.3. The third-order valence-electron chi connectivity index (χ3n) is 5.44. The first-order valence-electron chi connectivity index (χ1n) is 10.5. The van der Waals surface area contributed by atoms with Gasteiger partial charge in [-0.25, -0.2) is 0 Å². The van der Waals surface area contributed by atoms with E-state index in [1.807, 2.05) is 30.6 Å². The Bertz CT molecular complexity index is 511. The van der Waals surface area contributed by atoms with E-state index in [2.05, 4.69) is 26.1 Å². The molecule has 2 unspecified atom stereocenters. The summed E-state index contributed by atoms with van der Waals surface area (Å²) in [7, 11) is 0. The second-order valence-electron chi connectivity index (χ2n) is 8.57. The van der Waals surface area contributed by atoms with Gasteiger partial charge in [0.2, 0.25) is 17.7 Å². The zero-order valence-corrected chi connectivity index (χ0v) is 18.1. The number of unbranched alkanes of at least 4 members (excludes halogenated alkanes) is 1. The molecule has 0 aromatic heterocycles. The van der Waals surface area contributed by atoms with Crippen LogP contribution in [0.2, 0.25) is 0 Å². The molecule has 0 spiro atoms. The van der Waals surface area contributed by atoms with E-state index in [9.17, 15) is 14.4 Å². The zero-order valence-electron chi connectivity index (χ0n) is 18.1. The van der Waals surface area contributed by atoms with Gasteiger partial charge in [0.15, 0.2) is 0 Å². The van der Waals surface area contributed by atoms with Gasteiger partial charge in [-0.05, 0) is 26.7 Å². The van der Waals surface area contributed by atoms with E-state index in [0.717, 1.165) is 19.3 Å². The molecule has 0 aromatic carbocycles. The molecule has 0 aliphatic carbocycles. The standard InChI is InChI=1S/C21H39N3O3/c1-7-9-10-21(5,6)22-19(26)16(3)15-17(4)20(27)24-13-11-23(12-14-24)18(25)8-2/h16-17H,7-15H2,1-6H3,(H,22,26). The third kappa shape index (κ3) is 7.51. The highest BCUT2D eigenvalue weighted by atomic mass is 16.2. The van der Waals surface area contributed by atoms with E-state index in [4.69, 9.17) is 0 Å². The average molecular weight is 382 g/mol. The molecular weight excluding hydrogens is 342 g/mol. The molecule has 6 heteroatoms. The number of hydrogen-bond acceptors (Lipinski definition) is 3. The lowest BCUT2D eigenvalue weighted by molar-refractivity contribution is -0.142. The van der Waals surface area contributed by atoms with Crippen LogP contribution in [0.15, 0.2) is 0 Å². The van der Waals surface area contributed by atoms with Crippen molar-refractivity contribution in [3.63, 3.8) is 0 Å². The summed E-state index contributed by atoms with van der Waals surface area (Å²) in [6, 6.07) is 0. The fourth-order valence-electron chi connectivity index (χ4n) is 3.59. The maximum Gasteiger partial charge on any atom is 0.225 e. The lowest BCUT2D eigenvalue weighted by Crippen LogP contribution is -2.52. The fourth-order valence-corrected chi connectivity index (χ4v) is 3.59. The summed E-state index contributed by atoms with van der Waals surface area (Å²) < 4.78 is 0. The Labute approximate surface area is 165 Å². The molecule has 0 bridgehead atoms. The number of nitrogens with one attached hydrogen (secondary N) is 1. The van der Waals surface area contributed by atoms with Gasteiger partial charge in [0.05, 0.1) is 0 Å². The zero-order chi connectivity index (χ0) is 20.6. The van der Waals surface area contributed by atoms with Crippen LogP contribution in [-0.4, -0.2) is 59.2 Å². The van der Waals surface area contributed by atoms with Crippen molar-refractivity contribution in [2.24, 2.45) is 11.8 Å². The predicted octanol–water partition coefficient (Wildman–Crippen LogP) is 2.81. The molecule has 1 heterocycles. The summed E-state index contributed by atoms with van der Waals surface area (Å²) in [5.74, 6) is -0.144. The van der Waals surface area contributed by atoms with Crippen LogP contribution in [0.25, 0.3) is 0 Å². The summed E-state index contributed by atoms with van der Waals surface area (Å²) in [5.41, 5.74) is -0.212.